The summed E-state index contributed by atoms with van der Waals surface area (Å²) in [5.74, 6) is 0. The van der Waals surface area contributed by atoms with Crippen molar-refractivity contribution in [2.24, 2.45) is 65.0 Å². The zero-order valence-electron chi connectivity index (χ0n) is 22.0. The van der Waals surface area contributed by atoms with E-state index in [1.807, 2.05) is 0 Å². The molecule has 6 aliphatic carbocycles. The molecule has 6 atom stereocenters. The quantitative estimate of drug-likeness (QED) is 0.394. The molecule has 6 fully saturated rings. The summed E-state index contributed by atoms with van der Waals surface area (Å²) in [5.41, 5.74) is 3.67. The van der Waals surface area contributed by atoms with Crippen molar-refractivity contribution >= 4 is 0 Å². The Bertz CT molecular complexity index is 804. The first-order chi connectivity index (χ1) is 12.0. The van der Waals surface area contributed by atoms with Crippen molar-refractivity contribution in [2.45, 2.75) is 111 Å². The summed E-state index contributed by atoms with van der Waals surface area (Å²) in [6, 6.07) is 0. The van der Waals surface area contributed by atoms with E-state index in [4.69, 9.17) is 0 Å². The first-order valence-electron chi connectivity index (χ1n) is 12.0. The molecule has 6 aliphatic rings. The highest BCUT2D eigenvalue weighted by molar-refractivity contribution is 5.60. The van der Waals surface area contributed by atoms with Crippen LogP contribution in [0.4, 0.5) is 0 Å². The molecule has 160 valence electrons. The van der Waals surface area contributed by atoms with Gasteiger partial charge in [0, 0.05) is 0 Å². The Morgan fingerprint density at radius 3 is 0.607 bits per heavy atom. The zero-order chi connectivity index (χ0) is 22.0. The van der Waals surface area contributed by atoms with Gasteiger partial charge in [0.1, 0.15) is 0 Å². The number of hydrogen-bond acceptors (Lipinski definition) is 0. The first-order valence-corrected chi connectivity index (χ1v) is 12.0. The van der Waals surface area contributed by atoms with E-state index in [0.29, 0.717) is 54.1 Å². The summed E-state index contributed by atoms with van der Waals surface area (Å²) in [7, 11) is 0. The Balaban J connectivity index is 2.15. The van der Waals surface area contributed by atoms with Crippen LogP contribution in [0, 0.1) is 65.0 Å². The van der Waals surface area contributed by atoms with Gasteiger partial charge in [0.15, 0.2) is 0 Å². The Hall–Kier alpha value is 0. The maximum absolute atomic E-state index is 2.78. The average Bonchev–Trinajstić information content (AvgIpc) is 2.72. The van der Waals surface area contributed by atoms with Crippen LogP contribution >= 0.6 is 0 Å². The summed E-state index contributed by atoms with van der Waals surface area (Å²) in [4.78, 5) is 0. The van der Waals surface area contributed by atoms with E-state index >= 15 is 0 Å². The highest BCUT2D eigenvalue weighted by atomic mass is 15.2. The van der Waals surface area contributed by atoms with E-state index < -0.39 is 0 Å². The SMILES string of the molecule is CC1(C)C2(C)C(C)(C)C3(C)C1(C)C1(C)C4(C)C(C)(C)C(C)(C)C(C)(C24C)C31C. The van der Waals surface area contributed by atoms with Crippen LogP contribution in [-0.4, -0.2) is 0 Å². The summed E-state index contributed by atoms with van der Waals surface area (Å²) >= 11 is 0. The monoisotopic (exact) mass is 384 g/mol. The molecule has 0 aromatic carbocycles. The third-order valence-electron chi connectivity index (χ3n) is 18.1. The molecular formula is C28H48. The Labute approximate surface area is 176 Å². The fraction of sp³-hybridized carbons (Fsp3) is 1.00. The predicted octanol–water partition coefficient (Wildman–Crippen LogP) is 8.21. The smallest absolute Gasteiger partial charge is 0.0131 e. The van der Waals surface area contributed by atoms with Crippen LogP contribution in [0.15, 0.2) is 0 Å². The van der Waals surface area contributed by atoms with E-state index in [1.54, 1.807) is 0 Å². The van der Waals surface area contributed by atoms with Crippen LogP contribution < -0.4 is 0 Å². The molecule has 0 saturated heterocycles. The minimum Gasteiger partial charge on any atom is -0.0588 e. The van der Waals surface area contributed by atoms with E-state index in [2.05, 4.69) is 111 Å². The lowest BCUT2D eigenvalue weighted by Gasteiger charge is -2.90. The van der Waals surface area contributed by atoms with Gasteiger partial charge in [-0.2, -0.15) is 0 Å². The lowest BCUT2D eigenvalue weighted by Crippen LogP contribution is -2.86. The van der Waals surface area contributed by atoms with Gasteiger partial charge in [-0.3, -0.25) is 0 Å². The van der Waals surface area contributed by atoms with Crippen LogP contribution in [0.1, 0.15) is 111 Å². The van der Waals surface area contributed by atoms with Crippen molar-refractivity contribution in [2.75, 3.05) is 0 Å². The molecule has 0 aromatic heterocycles. The van der Waals surface area contributed by atoms with E-state index in [1.165, 1.54) is 0 Å². The van der Waals surface area contributed by atoms with Crippen molar-refractivity contribution in [3.8, 4) is 0 Å². The Kier molecular flexibility index (Phi) is 2.51. The number of hydrogen-bond donors (Lipinski definition) is 0. The predicted molar refractivity (Wildman–Crippen MR) is 120 cm³/mol. The molecule has 0 aliphatic heterocycles. The lowest BCUT2D eigenvalue weighted by molar-refractivity contribution is -0.433. The topological polar surface area (TPSA) is 0 Å². The van der Waals surface area contributed by atoms with Crippen LogP contribution in [-0.2, 0) is 0 Å². The molecular weight excluding hydrogens is 336 g/mol. The largest absolute Gasteiger partial charge is 0.0588 e. The minimum absolute atomic E-state index is 0.278. The maximum Gasteiger partial charge on any atom is -0.0131 e. The lowest BCUT2D eigenvalue weighted by atomic mass is 9.14. The van der Waals surface area contributed by atoms with Crippen molar-refractivity contribution in [3.05, 3.63) is 0 Å². The van der Waals surface area contributed by atoms with Crippen LogP contribution in [0.3, 0.4) is 0 Å². The fourth-order valence-corrected chi connectivity index (χ4v) is 15.7. The molecule has 6 saturated carbocycles. The normalized spacial score (nSPS) is 70.3. The molecule has 0 radical (unpaired) electrons. The number of rotatable bonds is 0. The van der Waals surface area contributed by atoms with Crippen LogP contribution in [0.5, 0.6) is 0 Å². The Morgan fingerprint density at radius 1 is 0.179 bits per heavy atom. The molecule has 0 spiro atoms. The summed E-state index contributed by atoms with van der Waals surface area (Å²) in [6.45, 7) is 43.3. The van der Waals surface area contributed by atoms with Crippen LogP contribution in [0.2, 0.25) is 0 Å². The van der Waals surface area contributed by atoms with Gasteiger partial charge >= 0.3 is 0 Å². The van der Waals surface area contributed by atoms with Gasteiger partial charge in [-0.25, -0.2) is 0 Å². The summed E-state index contributed by atoms with van der Waals surface area (Å²) in [5, 5.41) is 0. The van der Waals surface area contributed by atoms with Crippen LogP contribution in [0.25, 0.3) is 0 Å². The third-order valence-corrected chi connectivity index (χ3v) is 18.1. The third kappa shape index (κ3) is 0.784. The second kappa shape index (κ2) is 3.52. The molecule has 8 bridgehead atoms. The van der Waals surface area contributed by atoms with E-state index in [-0.39, 0.29) is 10.8 Å². The van der Waals surface area contributed by atoms with E-state index in [9.17, 15) is 0 Å². The highest BCUT2D eigenvalue weighted by Gasteiger charge is 3.14. The molecule has 6 unspecified atom stereocenters. The van der Waals surface area contributed by atoms with Crippen molar-refractivity contribution < 1.29 is 0 Å². The van der Waals surface area contributed by atoms with E-state index in [0.717, 1.165) is 0 Å². The van der Waals surface area contributed by atoms with Gasteiger partial charge in [0.25, 0.3) is 0 Å². The van der Waals surface area contributed by atoms with Crippen molar-refractivity contribution in [1.82, 2.24) is 0 Å². The molecule has 0 heterocycles. The second-order valence-corrected chi connectivity index (χ2v) is 15.5. The van der Waals surface area contributed by atoms with Crippen molar-refractivity contribution in [1.29, 1.82) is 0 Å². The van der Waals surface area contributed by atoms with Gasteiger partial charge in [-0.15, -0.1) is 0 Å². The standard InChI is InChI=1S/C28H48/c1-17(2)18(3,4)23(11)26(14)21(9)19(5,6)24(12)25(13,20(21,7)8)28(23,16)27(24,15)22(17,26)10/h1-16H3. The highest BCUT2D eigenvalue weighted by Crippen LogP contribution is 3.17. The minimum atomic E-state index is 0.278. The first kappa shape index (κ1) is 19.9. The van der Waals surface area contributed by atoms with Gasteiger partial charge < -0.3 is 0 Å². The maximum atomic E-state index is 2.78. The van der Waals surface area contributed by atoms with Crippen molar-refractivity contribution in [3.63, 3.8) is 0 Å². The molecule has 0 amide bonds. The zero-order valence-corrected chi connectivity index (χ0v) is 22.0. The molecule has 28 heavy (non-hydrogen) atoms. The van der Waals surface area contributed by atoms with Gasteiger partial charge in [0.2, 0.25) is 0 Å². The fourth-order valence-electron chi connectivity index (χ4n) is 15.7. The van der Waals surface area contributed by atoms with Gasteiger partial charge in [-0.1, -0.05) is 111 Å². The molecule has 0 nitrogen and oxygen atoms in total. The molecule has 0 heteroatoms. The van der Waals surface area contributed by atoms with Gasteiger partial charge in [-0.05, 0) is 65.0 Å². The summed E-state index contributed by atoms with van der Waals surface area (Å²) < 4.78 is 0. The summed E-state index contributed by atoms with van der Waals surface area (Å²) in [6.07, 6.45) is 0. The second-order valence-electron chi connectivity index (χ2n) is 15.5. The molecule has 0 N–H and O–H groups in total. The van der Waals surface area contributed by atoms with Gasteiger partial charge in [0.05, 0.1) is 0 Å². The molecule has 0 aromatic rings. The average molecular weight is 385 g/mol. The Morgan fingerprint density at radius 2 is 0.357 bits per heavy atom. The molecule has 6 rings (SSSR count).